The van der Waals surface area contributed by atoms with Gasteiger partial charge in [0.1, 0.15) is 0 Å². The lowest BCUT2D eigenvalue weighted by molar-refractivity contribution is 0.600. The number of aromatic nitrogens is 1. The molecule has 20 heavy (non-hydrogen) atoms. The van der Waals surface area contributed by atoms with E-state index in [2.05, 4.69) is 9.71 Å². The van der Waals surface area contributed by atoms with Crippen LogP contribution in [0.3, 0.4) is 0 Å². The van der Waals surface area contributed by atoms with Crippen molar-refractivity contribution in [2.75, 3.05) is 4.72 Å². The summed E-state index contributed by atoms with van der Waals surface area (Å²) in [6.07, 6.45) is 1.50. The molecule has 0 unspecified atom stereocenters. The number of anilines is 1. The van der Waals surface area contributed by atoms with Gasteiger partial charge in [0.25, 0.3) is 10.0 Å². The van der Waals surface area contributed by atoms with Crippen LogP contribution in [0.15, 0.2) is 41.4 Å². The fourth-order valence-electron chi connectivity index (χ4n) is 1.88. The SMILES string of the molecule is Cc1ccc(NS(=O)(=O)c2ccc(CN)cc2C)cn1. The second kappa shape index (κ2) is 5.60. The molecule has 1 heterocycles. The number of hydrogen-bond acceptors (Lipinski definition) is 4. The quantitative estimate of drug-likeness (QED) is 0.901. The Balaban J connectivity index is 2.33. The van der Waals surface area contributed by atoms with Gasteiger partial charge in [0.2, 0.25) is 0 Å². The van der Waals surface area contributed by atoms with E-state index in [1.54, 1.807) is 37.3 Å². The van der Waals surface area contributed by atoms with E-state index < -0.39 is 10.0 Å². The van der Waals surface area contributed by atoms with Gasteiger partial charge in [-0.15, -0.1) is 0 Å². The first-order valence-electron chi connectivity index (χ1n) is 6.17. The van der Waals surface area contributed by atoms with Gasteiger partial charge in [-0.2, -0.15) is 0 Å². The van der Waals surface area contributed by atoms with Gasteiger partial charge in [-0.3, -0.25) is 9.71 Å². The lowest BCUT2D eigenvalue weighted by Crippen LogP contribution is -2.14. The van der Waals surface area contributed by atoms with Crippen LogP contribution in [-0.4, -0.2) is 13.4 Å². The van der Waals surface area contributed by atoms with E-state index in [4.69, 9.17) is 5.73 Å². The third kappa shape index (κ3) is 3.15. The molecular weight excluding hydrogens is 274 g/mol. The molecule has 0 saturated carbocycles. The van der Waals surface area contributed by atoms with Crippen molar-refractivity contribution >= 4 is 15.7 Å². The number of nitrogens with two attached hydrogens (primary N) is 1. The smallest absolute Gasteiger partial charge is 0.262 e. The maximum atomic E-state index is 12.3. The highest BCUT2D eigenvalue weighted by molar-refractivity contribution is 7.92. The van der Waals surface area contributed by atoms with E-state index in [0.717, 1.165) is 11.3 Å². The second-order valence-corrected chi connectivity index (χ2v) is 6.25. The summed E-state index contributed by atoms with van der Waals surface area (Å²) in [6.45, 7) is 3.98. The van der Waals surface area contributed by atoms with Crippen molar-refractivity contribution in [1.82, 2.24) is 4.98 Å². The van der Waals surface area contributed by atoms with Gasteiger partial charge in [-0.25, -0.2) is 8.42 Å². The zero-order valence-electron chi connectivity index (χ0n) is 11.4. The Labute approximate surface area is 118 Å². The van der Waals surface area contributed by atoms with Crippen LogP contribution in [0.5, 0.6) is 0 Å². The van der Waals surface area contributed by atoms with Crippen molar-refractivity contribution in [2.24, 2.45) is 5.73 Å². The fraction of sp³-hybridized carbons (Fsp3) is 0.214. The lowest BCUT2D eigenvalue weighted by atomic mass is 10.1. The molecule has 3 N–H and O–H groups in total. The zero-order chi connectivity index (χ0) is 14.8. The highest BCUT2D eigenvalue weighted by Crippen LogP contribution is 2.20. The molecule has 0 bridgehead atoms. The topological polar surface area (TPSA) is 85.1 Å². The Morgan fingerprint density at radius 1 is 1.20 bits per heavy atom. The summed E-state index contributed by atoms with van der Waals surface area (Å²) in [5.41, 5.74) is 8.38. The molecule has 2 aromatic rings. The van der Waals surface area contributed by atoms with E-state index >= 15 is 0 Å². The van der Waals surface area contributed by atoms with Crippen LogP contribution in [-0.2, 0) is 16.6 Å². The molecule has 5 nitrogen and oxygen atoms in total. The van der Waals surface area contributed by atoms with Crippen molar-refractivity contribution in [3.05, 3.63) is 53.3 Å². The molecule has 0 radical (unpaired) electrons. The molecule has 0 saturated heterocycles. The minimum atomic E-state index is -3.61. The number of benzene rings is 1. The van der Waals surface area contributed by atoms with Gasteiger partial charge >= 0.3 is 0 Å². The van der Waals surface area contributed by atoms with Gasteiger partial charge in [0, 0.05) is 12.2 Å². The molecule has 0 amide bonds. The summed E-state index contributed by atoms with van der Waals surface area (Å²) in [5, 5.41) is 0. The maximum Gasteiger partial charge on any atom is 0.262 e. The first kappa shape index (κ1) is 14.5. The maximum absolute atomic E-state index is 12.3. The average molecular weight is 291 g/mol. The van der Waals surface area contributed by atoms with Gasteiger partial charge in [-0.1, -0.05) is 12.1 Å². The van der Waals surface area contributed by atoms with Crippen LogP contribution in [0.2, 0.25) is 0 Å². The first-order chi connectivity index (χ1) is 9.42. The Morgan fingerprint density at radius 2 is 1.95 bits per heavy atom. The number of rotatable bonds is 4. The van der Waals surface area contributed by atoms with Gasteiger partial charge in [-0.05, 0) is 43.2 Å². The predicted molar refractivity (Wildman–Crippen MR) is 78.9 cm³/mol. The van der Waals surface area contributed by atoms with Crippen LogP contribution in [0.4, 0.5) is 5.69 Å². The highest BCUT2D eigenvalue weighted by atomic mass is 32.2. The molecular formula is C14H17N3O2S. The number of pyridine rings is 1. The van der Waals surface area contributed by atoms with Crippen molar-refractivity contribution in [3.63, 3.8) is 0 Å². The summed E-state index contributed by atoms with van der Waals surface area (Å²) >= 11 is 0. The summed E-state index contributed by atoms with van der Waals surface area (Å²) in [7, 11) is -3.61. The van der Waals surface area contributed by atoms with Crippen molar-refractivity contribution in [1.29, 1.82) is 0 Å². The largest absolute Gasteiger partial charge is 0.326 e. The molecule has 0 aliphatic rings. The molecule has 1 aromatic carbocycles. The molecule has 1 aromatic heterocycles. The predicted octanol–water partition coefficient (Wildman–Crippen LogP) is 1.96. The molecule has 0 aliphatic carbocycles. The number of aryl methyl sites for hydroxylation is 2. The van der Waals surface area contributed by atoms with Crippen molar-refractivity contribution in [2.45, 2.75) is 25.3 Å². The zero-order valence-corrected chi connectivity index (χ0v) is 12.2. The summed E-state index contributed by atoms with van der Waals surface area (Å²) in [5.74, 6) is 0. The molecule has 6 heteroatoms. The third-order valence-electron chi connectivity index (χ3n) is 2.93. The van der Waals surface area contributed by atoms with Gasteiger partial charge < -0.3 is 5.73 Å². The number of sulfonamides is 1. The summed E-state index contributed by atoms with van der Waals surface area (Å²) in [6, 6.07) is 8.50. The van der Waals surface area contributed by atoms with E-state index in [1.165, 1.54) is 6.20 Å². The first-order valence-corrected chi connectivity index (χ1v) is 7.66. The van der Waals surface area contributed by atoms with Gasteiger partial charge in [0.05, 0.1) is 16.8 Å². The monoisotopic (exact) mass is 291 g/mol. The average Bonchev–Trinajstić information content (AvgIpc) is 2.40. The van der Waals surface area contributed by atoms with E-state index in [-0.39, 0.29) is 4.90 Å². The Kier molecular flexibility index (Phi) is 4.06. The molecule has 106 valence electrons. The Morgan fingerprint density at radius 3 is 2.50 bits per heavy atom. The van der Waals surface area contributed by atoms with Crippen LogP contribution < -0.4 is 10.5 Å². The third-order valence-corrected chi connectivity index (χ3v) is 4.47. The molecule has 0 atom stereocenters. The van der Waals surface area contributed by atoms with E-state index in [0.29, 0.717) is 17.8 Å². The highest BCUT2D eigenvalue weighted by Gasteiger charge is 2.17. The molecule has 0 aliphatic heterocycles. The summed E-state index contributed by atoms with van der Waals surface area (Å²) < 4.78 is 27.2. The normalized spacial score (nSPS) is 11.3. The van der Waals surface area contributed by atoms with Crippen LogP contribution in [0.25, 0.3) is 0 Å². The number of hydrogen-bond donors (Lipinski definition) is 2. The Hall–Kier alpha value is -1.92. The number of nitrogens with one attached hydrogen (secondary N) is 1. The van der Waals surface area contributed by atoms with Crippen LogP contribution in [0, 0.1) is 13.8 Å². The van der Waals surface area contributed by atoms with Crippen LogP contribution in [0.1, 0.15) is 16.8 Å². The van der Waals surface area contributed by atoms with Gasteiger partial charge in [0.15, 0.2) is 0 Å². The van der Waals surface area contributed by atoms with Crippen molar-refractivity contribution in [3.8, 4) is 0 Å². The van der Waals surface area contributed by atoms with Crippen LogP contribution >= 0.6 is 0 Å². The minimum absolute atomic E-state index is 0.246. The van der Waals surface area contributed by atoms with E-state index in [9.17, 15) is 8.42 Å². The molecule has 0 fully saturated rings. The molecule has 0 spiro atoms. The fourth-order valence-corrected chi connectivity index (χ4v) is 3.15. The van der Waals surface area contributed by atoms with E-state index in [1.807, 2.05) is 6.92 Å². The second-order valence-electron chi connectivity index (χ2n) is 4.60. The molecule has 2 rings (SSSR count). The standard InChI is InChI=1S/C14H17N3O2S/c1-10-7-12(8-15)4-6-14(10)20(18,19)17-13-5-3-11(2)16-9-13/h3-7,9,17H,8,15H2,1-2H3. The minimum Gasteiger partial charge on any atom is -0.326 e. The Bertz CT molecular complexity index is 710. The number of nitrogens with zero attached hydrogens (tertiary/aromatic N) is 1. The van der Waals surface area contributed by atoms with Crippen molar-refractivity contribution < 1.29 is 8.42 Å². The lowest BCUT2D eigenvalue weighted by Gasteiger charge is -2.11. The summed E-state index contributed by atoms with van der Waals surface area (Å²) in [4.78, 5) is 4.31.